The Morgan fingerprint density at radius 2 is 2.35 bits per heavy atom. The quantitative estimate of drug-likeness (QED) is 0.830. The average Bonchev–Trinajstić information content (AvgIpc) is 2.87. The zero-order chi connectivity index (χ0) is 11.9. The second-order valence-corrected chi connectivity index (χ2v) is 3.54. The van der Waals surface area contributed by atoms with Gasteiger partial charge in [-0.2, -0.15) is 0 Å². The maximum Gasteiger partial charge on any atom is 0.218 e. The molecule has 0 spiro atoms. The molecule has 0 bridgehead atoms. The number of anilines is 1. The monoisotopic (exact) mass is 233 g/mol. The number of hydrogen-bond donors (Lipinski definition) is 1. The first-order valence-electron chi connectivity index (χ1n) is 5.59. The maximum absolute atomic E-state index is 5.49. The first-order valence-corrected chi connectivity index (χ1v) is 5.59. The summed E-state index contributed by atoms with van der Waals surface area (Å²) in [6.07, 6.45) is 4.15. The van der Waals surface area contributed by atoms with E-state index in [2.05, 4.69) is 22.2 Å². The molecule has 5 nitrogen and oxygen atoms in total. The highest BCUT2D eigenvalue weighted by atomic mass is 16.5. The molecule has 90 valence electrons. The van der Waals surface area contributed by atoms with Crippen molar-refractivity contribution in [2.45, 2.75) is 20.0 Å². The third-order valence-electron chi connectivity index (χ3n) is 2.14. The van der Waals surface area contributed by atoms with Crippen molar-refractivity contribution in [3.63, 3.8) is 0 Å². The number of ether oxygens (including phenoxy) is 1. The summed E-state index contributed by atoms with van der Waals surface area (Å²) >= 11 is 0. The minimum atomic E-state index is 0.372. The van der Waals surface area contributed by atoms with Gasteiger partial charge in [-0.25, -0.2) is 9.97 Å². The molecule has 2 heterocycles. The number of nitrogens with one attached hydrogen (secondary N) is 1. The molecule has 0 aliphatic carbocycles. The zero-order valence-electron chi connectivity index (χ0n) is 9.72. The molecule has 0 unspecified atom stereocenters. The molecule has 1 N–H and O–H groups in total. The second-order valence-electron chi connectivity index (χ2n) is 3.54. The fraction of sp³-hybridized carbons (Fsp3) is 0.333. The molecule has 0 radical (unpaired) electrons. The first kappa shape index (κ1) is 11.4. The van der Waals surface area contributed by atoms with Gasteiger partial charge in [0, 0.05) is 12.6 Å². The largest absolute Gasteiger partial charge is 0.469 e. The van der Waals surface area contributed by atoms with Gasteiger partial charge >= 0.3 is 0 Å². The predicted octanol–water partition coefficient (Wildman–Crippen LogP) is 2.47. The number of aromatic nitrogens is 2. The van der Waals surface area contributed by atoms with Gasteiger partial charge in [-0.05, 0) is 18.6 Å². The average molecular weight is 233 g/mol. The third kappa shape index (κ3) is 3.48. The van der Waals surface area contributed by atoms with Crippen molar-refractivity contribution in [2.24, 2.45) is 0 Å². The van der Waals surface area contributed by atoms with Crippen LogP contribution in [0.3, 0.4) is 0 Å². The van der Waals surface area contributed by atoms with Crippen molar-refractivity contribution >= 4 is 5.82 Å². The van der Waals surface area contributed by atoms with Crippen molar-refractivity contribution in [1.82, 2.24) is 9.97 Å². The molecular formula is C12H15N3O2. The fourth-order valence-electron chi connectivity index (χ4n) is 1.31. The highest BCUT2D eigenvalue weighted by molar-refractivity contribution is 5.36. The van der Waals surface area contributed by atoms with E-state index in [1.807, 2.05) is 12.1 Å². The first-order chi connectivity index (χ1) is 8.38. The van der Waals surface area contributed by atoms with Crippen LogP contribution in [0, 0.1) is 0 Å². The summed E-state index contributed by atoms with van der Waals surface area (Å²) < 4.78 is 10.7. The summed E-state index contributed by atoms with van der Waals surface area (Å²) in [5, 5.41) is 3.17. The van der Waals surface area contributed by atoms with Crippen LogP contribution in [-0.2, 0) is 6.61 Å². The Bertz CT molecular complexity index is 443. The maximum atomic E-state index is 5.49. The second kappa shape index (κ2) is 5.89. The van der Waals surface area contributed by atoms with E-state index in [-0.39, 0.29) is 0 Å². The zero-order valence-corrected chi connectivity index (χ0v) is 9.72. The predicted molar refractivity (Wildman–Crippen MR) is 63.9 cm³/mol. The number of furan rings is 1. The minimum Gasteiger partial charge on any atom is -0.469 e. The Hall–Kier alpha value is -2.04. The van der Waals surface area contributed by atoms with Crippen molar-refractivity contribution in [3.8, 4) is 5.88 Å². The van der Waals surface area contributed by atoms with E-state index >= 15 is 0 Å². The molecule has 0 amide bonds. The Morgan fingerprint density at radius 3 is 3.12 bits per heavy atom. The van der Waals surface area contributed by atoms with Crippen LogP contribution in [0.5, 0.6) is 5.88 Å². The summed E-state index contributed by atoms with van der Waals surface area (Å²) in [7, 11) is 0. The molecule has 5 heteroatoms. The van der Waals surface area contributed by atoms with Gasteiger partial charge < -0.3 is 14.5 Å². The molecule has 0 aliphatic rings. The van der Waals surface area contributed by atoms with Crippen LogP contribution in [0.4, 0.5) is 5.82 Å². The van der Waals surface area contributed by atoms with Crippen LogP contribution in [0.1, 0.15) is 19.1 Å². The van der Waals surface area contributed by atoms with Crippen molar-refractivity contribution in [1.29, 1.82) is 0 Å². The molecule has 0 saturated carbocycles. The lowest BCUT2D eigenvalue weighted by Crippen LogP contribution is -2.03. The lowest BCUT2D eigenvalue weighted by Gasteiger charge is -2.06. The summed E-state index contributed by atoms with van der Waals surface area (Å²) in [4.78, 5) is 8.13. The lowest BCUT2D eigenvalue weighted by atomic mass is 10.4. The van der Waals surface area contributed by atoms with Gasteiger partial charge in [0.1, 0.15) is 24.5 Å². The number of hydrogen-bond acceptors (Lipinski definition) is 5. The van der Waals surface area contributed by atoms with Crippen LogP contribution < -0.4 is 10.1 Å². The molecule has 2 aromatic heterocycles. The smallest absolute Gasteiger partial charge is 0.218 e. The van der Waals surface area contributed by atoms with E-state index in [1.54, 1.807) is 12.3 Å². The van der Waals surface area contributed by atoms with Gasteiger partial charge in [-0.1, -0.05) is 6.92 Å². The standard InChI is InChI=1S/C12H15N3O2/c1-2-5-13-11-7-12(15-9-14-11)17-8-10-4-3-6-16-10/h3-4,6-7,9H,2,5,8H2,1H3,(H,13,14,15). The van der Waals surface area contributed by atoms with Gasteiger partial charge in [-0.15, -0.1) is 0 Å². The number of nitrogens with zero attached hydrogens (tertiary/aromatic N) is 2. The molecule has 0 saturated heterocycles. The molecule has 2 aromatic rings. The topological polar surface area (TPSA) is 60.2 Å². The van der Waals surface area contributed by atoms with E-state index in [1.165, 1.54) is 6.33 Å². The SMILES string of the molecule is CCCNc1cc(OCc2ccco2)ncn1. The Balaban J connectivity index is 1.91. The third-order valence-corrected chi connectivity index (χ3v) is 2.14. The van der Waals surface area contributed by atoms with Crippen LogP contribution in [0.15, 0.2) is 35.2 Å². The highest BCUT2D eigenvalue weighted by Gasteiger charge is 2.01. The summed E-state index contributed by atoms with van der Waals surface area (Å²) in [5.74, 6) is 2.08. The van der Waals surface area contributed by atoms with Gasteiger partial charge in [-0.3, -0.25) is 0 Å². The highest BCUT2D eigenvalue weighted by Crippen LogP contribution is 2.13. The molecule has 17 heavy (non-hydrogen) atoms. The van der Waals surface area contributed by atoms with Gasteiger partial charge in [0.25, 0.3) is 0 Å². The Kier molecular flexibility index (Phi) is 3.96. The van der Waals surface area contributed by atoms with E-state index in [0.717, 1.165) is 24.5 Å². The van der Waals surface area contributed by atoms with Crippen molar-refractivity contribution in [2.75, 3.05) is 11.9 Å². The Morgan fingerprint density at radius 1 is 1.41 bits per heavy atom. The van der Waals surface area contributed by atoms with Crippen LogP contribution in [0.2, 0.25) is 0 Å². The van der Waals surface area contributed by atoms with E-state index in [0.29, 0.717) is 12.5 Å². The van der Waals surface area contributed by atoms with Gasteiger partial charge in [0.15, 0.2) is 0 Å². The summed E-state index contributed by atoms with van der Waals surface area (Å²) in [5.41, 5.74) is 0. The molecule has 2 rings (SSSR count). The molecule has 0 aromatic carbocycles. The molecule has 0 aliphatic heterocycles. The fourth-order valence-corrected chi connectivity index (χ4v) is 1.31. The Labute approximate surface area is 99.8 Å². The van der Waals surface area contributed by atoms with E-state index < -0.39 is 0 Å². The normalized spacial score (nSPS) is 10.2. The van der Waals surface area contributed by atoms with Crippen molar-refractivity contribution < 1.29 is 9.15 Å². The van der Waals surface area contributed by atoms with Crippen LogP contribution in [-0.4, -0.2) is 16.5 Å². The summed E-state index contributed by atoms with van der Waals surface area (Å²) in [6.45, 7) is 3.36. The molecular weight excluding hydrogens is 218 g/mol. The van der Waals surface area contributed by atoms with Crippen molar-refractivity contribution in [3.05, 3.63) is 36.5 Å². The van der Waals surface area contributed by atoms with E-state index in [4.69, 9.17) is 9.15 Å². The molecule has 0 atom stereocenters. The van der Waals surface area contributed by atoms with E-state index in [9.17, 15) is 0 Å². The minimum absolute atomic E-state index is 0.372. The lowest BCUT2D eigenvalue weighted by molar-refractivity contribution is 0.260. The van der Waals surface area contributed by atoms with Gasteiger partial charge in [0.05, 0.1) is 6.26 Å². The van der Waals surface area contributed by atoms with Gasteiger partial charge in [0.2, 0.25) is 5.88 Å². The summed E-state index contributed by atoms with van der Waals surface area (Å²) in [6, 6.07) is 5.46. The van der Waals surface area contributed by atoms with Crippen LogP contribution >= 0.6 is 0 Å². The van der Waals surface area contributed by atoms with Crippen LogP contribution in [0.25, 0.3) is 0 Å². The molecule has 0 fully saturated rings. The number of rotatable bonds is 6.